The van der Waals surface area contributed by atoms with Gasteiger partial charge in [0, 0.05) is 48.7 Å². The predicted octanol–water partition coefficient (Wildman–Crippen LogP) is 6.51. The third-order valence-electron chi connectivity index (χ3n) is 9.71. The van der Waals surface area contributed by atoms with Crippen LogP contribution in [0.3, 0.4) is 0 Å². The summed E-state index contributed by atoms with van der Waals surface area (Å²) in [5.41, 5.74) is 5.27. The van der Waals surface area contributed by atoms with Crippen LogP contribution < -0.4 is 18.9 Å². The molecule has 0 saturated heterocycles. The molecule has 2 heterocycles. The van der Waals surface area contributed by atoms with Gasteiger partial charge in [-0.2, -0.15) is 0 Å². The number of phenols is 2. The van der Waals surface area contributed by atoms with E-state index < -0.39 is 30.1 Å². The lowest BCUT2D eigenvalue weighted by atomic mass is 9.72. The highest BCUT2D eigenvalue weighted by Gasteiger charge is 2.47. The number of hydrogen-bond acceptors (Lipinski definition) is 9. The minimum Gasteiger partial charge on any atom is -0.508 e. The first-order valence-electron chi connectivity index (χ1n) is 16.4. The smallest absolute Gasteiger partial charge is 0.128 e. The number of hydrogen-bond donors (Lipinski definition) is 4. The van der Waals surface area contributed by atoms with Gasteiger partial charge in [0.05, 0.1) is 33.0 Å². The Morgan fingerprint density at radius 2 is 1.60 bits per heavy atom. The first-order chi connectivity index (χ1) is 23.3. The quantitative estimate of drug-likeness (QED) is 0.134. The molecule has 2 aliphatic rings. The van der Waals surface area contributed by atoms with Crippen LogP contribution in [0.4, 0.5) is 0 Å². The molecule has 0 saturated carbocycles. The summed E-state index contributed by atoms with van der Waals surface area (Å²) in [5.74, 6) is 1.64. The molecule has 4 aromatic carbocycles. The summed E-state index contributed by atoms with van der Waals surface area (Å²) in [5, 5.41) is 45.1. The zero-order valence-electron chi connectivity index (χ0n) is 27.8. The van der Waals surface area contributed by atoms with Gasteiger partial charge in [-0.25, -0.2) is 0 Å². The van der Waals surface area contributed by atoms with Crippen LogP contribution in [-0.2, 0) is 17.6 Å². The second-order valence-electron chi connectivity index (χ2n) is 12.6. The monoisotopic (exact) mass is 656 g/mol. The normalized spacial score (nSPS) is 21.4. The van der Waals surface area contributed by atoms with Gasteiger partial charge in [-0.3, -0.25) is 0 Å². The van der Waals surface area contributed by atoms with Crippen LogP contribution in [0.5, 0.6) is 34.5 Å². The average Bonchev–Trinajstić information content (AvgIpc) is 3.09. The largest absolute Gasteiger partial charge is 0.508 e. The molecule has 0 bridgehead atoms. The number of aliphatic hydroxyl groups is 2. The number of aliphatic hydroxyl groups excluding tert-OH is 2. The Morgan fingerprint density at radius 3 is 2.33 bits per heavy atom. The Labute approximate surface area is 281 Å². The van der Waals surface area contributed by atoms with Gasteiger partial charge >= 0.3 is 0 Å². The average molecular weight is 657 g/mol. The van der Waals surface area contributed by atoms with E-state index in [1.54, 1.807) is 57.7 Å². The topological polar surface area (TPSA) is 127 Å². The van der Waals surface area contributed by atoms with Crippen LogP contribution in [0.1, 0.15) is 59.8 Å². The lowest BCUT2D eigenvalue weighted by molar-refractivity contribution is -0.0889. The molecule has 0 aromatic heterocycles. The van der Waals surface area contributed by atoms with Crippen molar-refractivity contribution in [2.24, 2.45) is 11.8 Å². The fourth-order valence-corrected chi connectivity index (χ4v) is 7.24. The Hall–Kier alpha value is -4.44. The van der Waals surface area contributed by atoms with E-state index in [-0.39, 0.29) is 18.1 Å². The molecule has 9 nitrogen and oxygen atoms in total. The minimum atomic E-state index is -0.996. The van der Waals surface area contributed by atoms with Crippen LogP contribution in [0.15, 0.2) is 66.7 Å². The summed E-state index contributed by atoms with van der Waals surface area (Å²) in [4.78, 5) is 0. The third kappa shape index (κ3) is 6.50. The molecule has 254 valence electrons. The van der Waals surface area contributed by atoms with Crippen molar-refractivity contribution < 1.29 is 44.1 Å². The van der Waals surface area contributed by atoms with E-state index >= 15 is 0 Å². The molecule has 4 aromatic rings. The second-order valence-corrected chi connectivity index (χ2v) is 12.6. The van der Waals surface area contributed by atoms with Crippen molar-refractivity contribution >= 4 is 0 Å². The van der Waals surface area contributed by atoms with Crippen LogP contribution in [-0.4, -0.2) is 61.1 Å². The molecule has 5 atom stereocenters. The van der Waals surface area contributed by atoms with E-state index in [4.69, 9.17) is 23.7 Å². The van der Waals surface area contributed by atoms with E-state index in [2.05, 4.69) is 0 Å². The summed E-state index contributed by atoms with van der Waals surface area (Å²) in [6.45, 7) is 2.68. The summed E-state index contributed by atoms with van der Waals surface area (Å²) in [6, 6.07) is 19.8. The SMILES string of the molecule is CCc1cc(-c2cccc(O)c2)c(Cc2cc(OC)cc3c2OC[C@H]([C@H]2[C@H](CCCOC)Oc4ccc(OC)cc4[C@@H]2O)[C@@H]3O)cc1O. The first kappa shape index (κ1) is 33.5. The van der Waals surface area contributed by atoms with Gasteiger partial charge in [0.25, 0.3) is 0 Å². The van der Waals surface area contributed by atoms with Crippen molar-refractivity contribution in [1.29, 1.82) is 0 Å². The van der Waals surface area contributed by atoms with Crippen molar-refractivity contribution in [2.75, 3.05) is 34.5 Å². The number of aromatic hydroxyl groups is 2. The van der Waals surface area contributed by atoms with E-state index in [1.165, 1.54) is 0 Å². The standard InChI is InChI=1S/C39H44O9/c1-5-22-17-29(23-8-6-9-26(40)15-23)24(18-33(22)41)14-25-16-28(46-4)20-31-37(42)32(21-47-39(25)31)36-35(10-7-13-44-2)48-34-12-11-27(45-3)19-30(34)38(36)43/h6,8-9,11-12,15-20,32,35-38,40-43H,5,7,10,13-14,21H2,1-4H3/t32-,35+,36+,37-,38+/m1/s1. The summed E-state index contributed by atoms with van der Waals surface area (Å²) in [7, 11) is 4.81. The minimum absolute atomic E-state index is 0.149. The predicted molar refractivity (Wildman–Crippen MR) is 181 cm³/mol. The third-order valence-corrected chi connectivity index (χ3v) is 9.71. The van der Waals surface area contributed by atoms with E-state index in [0.717, 1.165) is 34.2 Å². The first-order valence-corrected chi connectivity index (χ1v) is 16.4. The van der Waals surface area contributed by atoms with Crippen LogP contribution >= 0.6 is 0 Å². The summed E-state index contributed by atoms with van der Waals surface area (Å²) in [6.07, 6.45) is 0.0243. The molecule has 9 heteroatoms. The summed E-state index contributed by atoms with van der Waals surface area (Å²) >= 11 is 0. The molecule has 0 spiro atoms. The number of phenolic OH excluding ortho intramolecular Hbond substituents is 2. The Morgan fingerprint density at radius 1 is 0.812 bits per heavy atom. The van der Waals surface area contributed by atoms with E-state index in [1.807, 2.05) is 37.3 Å². The molecule has 0 aliphatic carbocycles. The molecule has 0 amide bonds. The molecule has 48 heavy (non-hydrogen) atoms. The molecule has 0 unspecified atom stereocenters. The van der Waals surface area contributed by atoms with Gasteiger partial charge < -0.3 is 44.1 Å². The zero-order chi connectivity index (χ0) is 33.9. The molecule has 6 rings (SSSR count). The molecule has 0 radical (unpaired) electrons. The lowest BCUT2D eigenvalue weighted by Gasteiger charge is -2.44. The molecular weight excluding hydrogens is 612 g/mol. The van der Waals surface area contributed by atoms with Gasteiger partial charge in [0.15, 0.2) is 0 Å². The number of methoxy groups -OCH3 is 3. The van der Waals surface area contributed by atoms with Gasteiger partial charge in [-0.15, -0.1) is 0 Å². The number of fused-ring (bicyclic) bond motifs is 2. The van der Waals surface area contributed by atoms with Gasteiger partial charge in [0.2, 0.25) is 0 Å². The second kappa shape index (κ2) is 14.4. The maximum Gasteiger partial charge on any atom is 0.128 e. The fraction of sp³-hybridized carbons (Fsp3) is 0.385. The highest BCUT2D eigenvalue weighted by atomic mass is 16.5. The fourth-order valence-electron chi connectivity index (χ4n) is 7.24. The number of rotatable bonds is 11. The van der Waals surface area contributed by atoms with Crippen molar-refractivity contribution in [3.8, 4) is 45.6 Å². The number of benzene rings is 4. The van der Waals surface area contributed by atoms with Gasteiger partial charge in [-0.1, -0.05) is 19.1 Å². The van der Waals surface area contributed by atoms with E-state index in [9.17, 15) is 20.4 Å². The molecule has 4 N–H and O–H groups in total. The van der Waals surface area contributed by atoms with Crippen LogP contribution in [0.2, 0.25) is 0 Å². The van der Waals surface area contributed by atoms with E-state index in [0.29, 0.717) is 60.0 Å². The lowest BCUT2D eigenvalue weighted by Crippen LogP contribution is -2.46. The number of ether oxygens (including phenoxy) is 5. The van der Waals surface area contributed by atoms with Crippen molar-refractivity contribution in [3.63, 3.8) is 0 Å². The Kier molecular flexibility index (Phi) is 10.0. The Balaban J connectivity index is 1.38. The van der Waals surface area contributed by atoms with Crippen LogP contribution in [0.25, 0.3) is 11.1 Å². The maximum absolute atomic E-state index is 12.1. The Bertz CT molecular complexity index is 1750. The van der Waals surface area contributed by atoms with Gasteiger partial charge in [-0.05, 0) is 96.1 Å². The zero-order valence-corrected chi connectivity index (χ0v) is 27.8. The molecule has 2 aliphatic heterocycles. The van der Waals surface area contributed by atoms with Gasteiger partial charge in [0.1, 0.15) is 40.6 Å². The molecule has 0 fully saturated rings. The van der Waals surface area contributed by atoms with Crippen molar-refractivity contribution in [1.82, 2.24) is 0 Å². The van der Waals surface area contributed by atoms with Crippen molar-refractivity contribution in [3.05, 3.63) is 94.5 Å². The maximum atomic E-state index is 12.1. The summed E-state index contributed by atoms with van der Waals surface area (Å²) < 4.78 is 29.5. The molecular formula is C39H44O9. The highest BCUT2D eigenvalue weighted by Crippen LogP contribution is 2.51. The highest BCUT2D eigenvalue weighted by molar-refractivity contribution is 5.72. The number of aryl methyl sites for hydroxylation is 1. The van der Waals surface area contributed by atoms with Crippen molar-refractivity contribution in [2.45, 2.75) is 50.9 Å². The van der Waals surface area contributed by atoms with Crippen LogP contribution in [0, 0.1) is 11.8 Å².